The summed E-state index contributed by atoms with van der Waals surface area (Å²) in [4.78, 5) is 28.5. The standard InChI is InChI=1S/C17H15N3O3/c1-20-15(19-14-10-6-5-9-13(14)16(20)21)11-18-17(22)23-12-7-3-2-4-8-12/h2-10H,11H2,1H3,(H,18,22). The molecule has 3 aromatic rings. The number of carbonyl (C=O) groups excluding carboxylic acids is 1. The molecule has 6 nitrogen and oxygen atoms in total. The van der Waals surface area contributed by atoms with E-state index in [0.717, 1.165) is 0 Å². The van der Waals surface area contributed by atoms with Crippen molar-refractivity contribution in [2.75, 3.05) is 0 Å². The van der Waals surface area contributed by atoms with Gasteiger partial charge in [0.25, 0.3) is 5.56 Å². The lowest BCUT2D eigenvalue weighted by molar-refractivity contribution is 0.199. The van der Waals surface area contributed by atoms with E-state index >= 15 is 0 Å². The molecule has 23 heavy (non-hydrogen) atoms. The number of ether oxygens (including phenoxy) is 1. The summed E-state index contributed by atoms with van der Waals surface area (Å²) < 4.78 is 6.55. The first-order valence-electron chi connectivity index (χ1n) is 7.10. The number of nitrogens with zero attached hydrogens (tertiary/aromatic N) is 2. The highest BCUT2D eigenvalue weighted by Crippen LogP contribution is 2.09. The van der Waals surface area contributed by atoms with Crippen LogP contribution in [0.3, 0.4) is 0 Å². The Labute approximate surface area is 132 Å². The minimum Gasteiger partial charge on any atom is -0.410 e. The van der Waals surface area contributed by atoms with Crippen LogP contribution in [0.5, 0.6) is 5.75 Å². The van der Waals surface area contributed by atoms with E-state index < -0.39 is 6.09 Å². The average molecular weight is 309 g/mol. The van der Waals surface area contributed by atoms with E-state index in [1.54, 1.807) is 49.5 Å². The third kappa shape index (κ3) is 3.21. The van der Waals surface area contributed by atoms with Gasteiger partial charge in [-0.2, -0.15) is 0 Å². The van der Waals surface area contributed by atoms with Crippen molar-refractivity contribution < 1.29 is 9.53 Å². The summed E-state index contributed by atoms with van der Waals surface area (Å²) in [6.45, 7) is 0.0994. The maximum absolute atomic E-state index is 12.3. The molecule has 0 radical (unpaired) electrons. The highest BCUT2D eigenvalue weighted by Gasteiger charge is 2.10. The average Bonchev–Trinajstić information content (AvgIpc) is 2.58. The van der Waals surface area contributed by atoms with Gasteiger partial charge in [-0.15, -0.1) is 0 Å². The van der Waals surface area contributed by atoms with Gasteiger partial charge in [0, 0.05) is 7.05 Å². The minimum absolute atomic E-state index is 0.0994. The van der Waals surface area contributed by atoms with Gasteiger partial charge in [-0.1, -0.05) is 30.3 Å². The van der Waals surface area contributed by atoms with Crippen molar-refractivity contribution in [2.45, 2.75) is 6.54 Å². The molecule has 6 heteroatoms. The number of carbonyl (C=O) groups is 1. The summed E-state index contributed by atoms with van der Waals surface area (Å²) in [5, 5.41) is 3.14. The number of rotatable bonds is 3. The second kappa shape index (κ2) is 6.31. The van der Waals surface area contributed by atoms with Gasteiger partial charge in [-0.05, 0) is 24.3 Å². The molecule has 1 heterocycles. The van der Waals surface area contributed by atoms with Crippen LogP contribution in [0.1, 0.15) is 5.82 Å². The van der Waals surface area contributed by atoms with Crippen molar-refractivity contribution in [3.63, 3.8) is 0 Å². The van der Waals surface area contributed by atoms with Crippen molar-refractivity contribution in [1.29, 1.82) is 0 Å². The molecule has 0 bridgehead atoms. The fourth-order valence-electron chi connectivity index (χ4n) is 2.20. The maximum Gasteiger partial charge on any atom is 0.412 e. The van der Waals surface area contributed by atoms with Gasteiger partial charge in [0.15, 0.2) is 0 Å². The lowest BCUT2D eigenvalue weighted by atomic mass is 10.2. The molecule has 2 aromatic carbocycles. The zero-order chi connectivity index (χ0) is 16.2. The molecule has 1 amide bonds. The number of para-hydroxylation sites is 2. The molecular weight excluding hydrogens is 294 g/mol. The van der Waals surface area contributed by atoms with Crippen molar-refractivity contribution in [3.05, 3.63) is 70.8 Å². The Hall–Kier alpha value is -3.15. The van der Waals surface area contributed by atoms with Crippen LogP contribution < -0.4 is 15.6 Å². The summed E-state index contributed by atoms with van der Waals surface area (Å²) in [5.41, 5.74) is 0.452. The lowest BCUT2D eigenvalue weighted by Crippen LogP contribution is -2.31. The van der Waals surface area contributed by atoms with E-state index in [4.69, 9.17) is 4.74 Å². The second-order valence-electron chi connectivity index (χ2n) is 4.97. The Kier molecular flexibility index (Phi) is 4.05. The lowest BCUT2D eigenvalue weighted by Gasteiger charge is -2.10. The van der Waals surface area contributed by atoms with E-state index in [1.807, 2.05) is 12.1 Å². The van der Waals surface area contributed by atoms with E-state index in [0.29, 0.717) is 22.5 Å². The van der Waals surface area contributed by atoms with Crippen molar-refractivity contribution in [3.8, 4) is 5.75 Å². The largest absolute Gasteiger partial charge is 0.412 e. The molecule has 3 rings (SSSR count). The second-order valence-corrected chi connectivity index (χ2v) is 4.97. The van der Waals surface area contributed by atoms with Gasteiger partial charge in [-0.3, -0.25) is 9.36 Å². The van der Waals surface area contributed by atoms with Crippen molar-refractivity contribution >= 4 is 17.0 Å². The Morgan fingerprint density at radius 1 is 1.13 bits per heavy atom. The summed E-state index contributed by atoms with van der Waals surface area (Å²) >= 11 is 0. The molecule has 1 N–H and O–H groups in total. The van der Waals surface area contributed by atoms with Crippen LogP contribution in [0, 0.1) is 0 Å². The summed E-state index contributed by atoms with van der Waals surface area (Å²) in [5.74, 6) is 0.907. The Bertz CT molecular complexity index is 904. The topological polar surface area (TPSA) is 73.2 Å². The number of hydrogen-bond acceptors (Lipinski definition) is 4. The molecule has 116 valence electrons. The zero-order valence-corrected chi connectivity index (χ0v) is 12.5. The molecule has 0 unspecified atom stereocenters. The first-order chi connectivity index (χ1) is 11.1. The van der Waals surface area contributed by atoms with E-state index in [-0.39, 0.29) is 12.1 Å². The molecule has 0 aliphatic rings. The number of hydrogen-bond donors (Lipinski definition) is 1. The van der Waals surface area contributed by atoms with Gasteiger partial charge in [0.2, 0.25) is 0 Å². The summed E-state index contributed by atoms with van der Waals surface area (Å²) in [6, 6.07) is 15.9. The van der Waals surface area contributed by atoms with E-state index in [9.17, 15) is 9.59 Å². The van der Waals surface area contributed by atoms with E-state index in [1.165, 1.54) is 4.57 Å². The fraction of sp³-hybridized carbons (Fsp3) is 0.118. The Morgan fingerprint density at radius 3 is 2.61 bits per heavy atom. The molecule has 1 aromatic heterocycles. The van der Waals surface area contributed by atoms with Gasteiger partial charge < -0.3 is 10.1 Å². The van der Waals surface area contributed by atoms with Crippen LogP contribution in [-0.2, 0) is 13.6 Å². The summed E-state index contributed by atoms with van der Waals surface area (Å²) in [7, 11) is 1.63. The van der Waals surface area contributed by atoms with E-state index in [2.05, 4.69) is 10.3 Å². The van der Waals surface area contributed by atoms with Crippen molar-refractivity contribution in [2.24, 2.45) is 7.05 Å². The number of nitrogens with one attached hydrogen (secondary N) is 1. The van der Waals surface area contributed by atoms with Gasteiger partial charge >= 0.3 is 6.09 Å². The first-order valence-corrected chi connectivity index (χ1v) is 7.10. The SMILES string of the molecule is Cn1c(CNC(=O)Oc2ccccc2)nc2ccccc2c1=O. The molecule has 0 fully saturated rings. The van der Waals surface area contributed by atoms with Crippen LogP contribution >= 0.6 is 0 Å². The number of benzene rings is 2. The molecule has 0 spiro atoms. The smallest absolute Gasteiger partial charge is 0.410 e. The first kappa shape index (κ1) is 14.8. The molecule has 0 saturated heterocycles. The third-order valence-corrected chi connectivity index (χ3v) is 3.42. The molecule has 0 aliphatic heterocycles. The Morgan fingerprint density at radius 2 is 1.83 bits per heavy atom. The third-order valence-electron chi connectivity index (χ3n) is 3.42. The molecule has 0 aliphatic carbocycles. The molecule has 0 saturated carbocycles. The Balaban J connectivity index is 1.76. The van der Waals surface area contributed by atoms with Crippen LogP contribution in [0.4, 0.5) is 4.79 Å². The zero-order valence-electron chi connectivity index (χ0n) is 12.5. The quantitative estimate of drug-likeness (QED) is 0.805. The minimum atomic E-state index is -0.599. The number of fused-ring (bicyclic) bond motifs is 1. The van der Waals surface area contributed by atoms with Crippen LogP contribution in [0.25, 0.3) is 10.9 Å². The monoisotopic (exact) mass is 309 g/mol. The number of aromatic nitrogens is 2. The predicted molar refractivity (Wildman–Crippen MR) is 86.3 cm³/mol. The summed E-state index contributed by atoms with van der Waals surface area (Å²) in [6.07, 6.45) is -0.599. The van der Waals surface area contributed by atoms with Crippen LogP contribution in [0.15, 0.2) is 59.4 Å². The van der Waals surface area contributed by atoms with Crippen LogP contribution in [0.2, 0.25) is 0 Å². The van der Waals surface area contributed by atoms with Gasteiger partial charge in [0.05, 0.1) is 17.4 Å². The maximum atomic E-state index is 12.3. The van der Waals surface area contributed by atoms with Gasteiger partial charge in [0.1, 0.15) is 11.6 Å². The van der Waals surface area contributed by atoms with Crippen LogP contribution in [-0.4, -0.2) is 15.6 Å². The molecular formula is C17H15N3O3. The highest BCUT2D eigenvalue weighted by atomic mass is 16.6. The number of amides is 1. The van der Waals surface area contributed by atoms with Gasteiger partial charge in [-0.25, -0.2) is 9.78 Å². The fourth-order valence-corrected chi connectivity index (χ4v) is 2.20. The van der Waals surface area contributed by atoms with Crippen molar-refractivity contribution in [1.82, 2.24) is 14.9 Å². The normalized spacial score (nSPS) is 10.5. The highest BCUT2D eigenvalue weighted by molar-refractivity contribution is 5.77. The predicted octanol–water partition coefficient (Wildman–Crippen LogP) is 2.22. The molecule has 0 atom stereocenters.